The molecule has 0 rings (SSSR count). The molecule has 1 amide bonds. The van der Waals surface area contributed by atoms with E-state index in [0.29, 0.717) is 25.1 Å². The highest BCUT2D eigenvalue weighted by molar-refractivity contribution is 7.98. The van der Waals surface area contributed by atoms with E-state index in [-0.39, 0.29) is 11.8 Å². The van der Waals surface area contributed by atoms with Crippen molar-refractivity contribution >= 4 is 23.6 Å². The molecule has 0 heterocycles. The van der Waals surface area contributed by atoms with Gasteiger partial charge >= 0.3 is 5.97 Å². The van der Waals surface area contributed by atoms with Crippen LogP contribution in [-0.4, -0.2) is 41.6 Å². The van der Waals surface area contributed by atoms with Crippen molar-refractivity contribution < 1.29 is 14.7 Å². The largest absolute Gasteiger partial charge is 0.480 e. The molecule has 2 atom stereocenters. The minimum atomic E-state index is -0.979. The lowest BCUT2D eigenvalue weighted by Gasteiger charge is -2.16. The van der Waals surface area contributed by atoms with Crippen molar-refractivity contribution in [2.24, 2.45) is 11.7 Å². The Morgan fingerprint density at radius 1 is 1.47 bits per heavy atom. The van der Waals surface area contributed by atoms with Gasteiger partial charge in [0.15, 0.2) is 0 Å². The summed E-state index contributed by atoms with van der Waals surface area (Å²) in [4.78, 5) is 22.5. The quantitative estimate of drug-likeness (QED) is 0.568. The zero-order valence-corrected chi connectivity index (χ0v) is 11.3. The Kier molecular flexibility index (Phi) is 8.89. The first-order chi connectivity index (χ1) is 8.04. The van der Waals surface area contributed by atoms with Crippen LogP contribution in [0, 0.1) is 5.92 Å². The highest BCUT2D eigenvalue weighted by Crippen LogP contribution is 2.07. The summed E-state index contributed by atoms with van der Waals surface area (Å²) in [6, 6.07) is -0.787. The van der Waals surface area contributed by atoms with Crippen molar-refractivity contribution in [3.63, 3.8) is 0 Å². The molecule has 0 aromatic rings. The number of amides is 1. The molecule has 0 saturated heterocycles. The molecular weight excluding hydrogens is 240 g/mol. The topological polar surface area (TPSA) is 92.4 Å². The number of carbonyl (C=O) groups is 2. The Labute approximate surface area is 107 Å². The van der Waals surface area contributed by atoms with Crippen LogP contribution in [-0.2, 0) is 9.59 Å². The summed E-state index contributed by atoms with van der Waals surface area (Å²) in [5.41, 5.74) is 5.50. The van der Waals surface area contributed by atoms with Gasteiger partial charge in [-0.25, -0.2) is 4.79 Å². The third kappa shape index (κ3) is 7.23. The first-order valence-corrected chi connectivity index (χ1v) is 7.15. The van der Waals surface area contributed by atoms with E-state index in [4.69, 9.17) is 10.8 Å². The van der Waals surface area contributed by atoms with Gasteiger partial charge < -0.3 is 16.2 Å². The summed E-state index contributed by atoms with van der Waals surface area (Å²) in [7, 11) is 0. The monoisotopic (exact) mass is 262 g/mol. The average molecular weight is 262 g/mol. The number of carboxylic acids is 1. The highest BCUT2D eigenvalue weighted by Gasteiger charge is 2.20. The maximum atomic E-state index is 11.6. The number of aliphatic carboxylic acids is 1. The van der Waals surface area contributed by atoms with Crippen LogP contribution in [0.4, 0.5) is 0 Å². The summed E-state index contributed by atoms with van der Waals surface area (Å²) in [6.07, 6.45) is 3.48. The molecule has 5 nitrogen and oxygen atoms in total. The Morgan fingerprint density at radius 3 is 2.53 bits per heavy atom. The Morgan fingerprint density at radius 2 is 2.12 bits per heavy atom. The molecule has 0 saturated carbocycles. The predicted octanol–water partition coefficient (Wildman–Crippen LogP) is 0.684. The van der Waals surface area contributed by atoms with Crippen molar-refractivity contribution in [1.29, 1.82) is 0 Å². The van der Waals surface area contributed by atoms with Crippen LogP contribution in [0.3, 0.4) is 0 Å². The second kappa shape index (κ2) is 9.30. The molecule has 0 aromatic carbocycles. The molecule has 0 aromatic heterocycles. The number of carbonyl (C=O) groups excluding carboxylic acids is 1. The van der Waals surface area contributed by atoms with E-state index in [9.17, 15) is 9.59 Å². The van der Waals surface area contributed by atoms with Gasteiger partial charge in [0.1, 0.15) is 6.04 Å². The minimum Gasteiger partial charge on any atom is -0.480 e. The normalized spacial score (nSPS) is 14.1. The summed E-state index contributed by atoms with van der Waals surface area (Å²) < 4.78 is 0. The maximum absolute atomic E-state index is 11.6. The molecule has 4 N–H and O–H groups in total. The van der Waals surface area contributed by atoms with Crippen LogP contribution in [0.2, 0.25) is 0 Å². The fourth-order valence-corrected chi connectivity index (χ4v) is 1.87. The van der Waals surface area contributed by atoms with Crippen molar-refractivity contribution in [3.05, 3.63) is 0 Å². The summed E-state index contributed by atoms with van der Waals surface area (Å²) in [6.45, 7) is 2.42. The summed E-state index contributed by atoms with van der Waals surface area (Å²) in [5.74, 6) is -0.361. The lowest BCUT2D eigenvalue weighted by atomic mass is 10.0. The van der Waals surface area contributed by atoms with Crippen LogP contribution in [0.25, 0.3) is 0 Å². The van der Waals surface area contributed by atoms with Gasteiger partial charge in [0.05, 0.1) is 0 Å². The Bertz CT molecular complexity index is 245. The number of nitrogens with one attached hydrogen (secondary N) is 1. The van der Waals surface area contributed by atoms with Gasteiger partial charge in [0.25, 0.3) is 0 Å². The number of hydrogen-bond acceptors (Lipinski definition) is 4. The van der Waals surface area contributed by atoms with Crippen LogP contribution in [0.1, 0.15) is 26.2 Å². The number of carboxylic acid groups (broad SMARTS) is 1. The lowest BCUT2D eigenvalue weighted by Crippen LogP contribution is -2.42. The van der Waals surface area contributed by atoms with Gasteiger partial charge in [-0.15, -0.1) is 0 Å². The second-order valence-corrected chi connectivity index (χ2v) is 4.94. The van der Waals surface area contributed by atoms with E-state index in [1.165, 1.54) is 0 Å². The summed E-state index contributed by atoms with van der Waals surface area (Å²) >= 11 is 1.56. The molecule has 0 aliphatic rings. The van der Waals surface area contributed by atoms with Gasteiger partial charge in [-0.1, -0.05) is 13.3 Å². The number of thioether (sulfide) groups is 1. The molecule has 0 aliphatic carbocycles. The molecular formula is C11H22N2O3S. The molecule has 6 heteroatoms. The molecule has 0 bridgehead atoms. The fraction of sp³-hybridized carbons (Fsp3) is 0.818. The molecule has 0 fully saturated rings. The van der Waals surface area contributed by atoms with Crippen molar-refractivity contribution in [2.75, 3.05) is 18.6 Å². The Hall–Kier alpha value is -0.750. The molecule has 0 spiro atoms. The first kappa shape index (κ1) is 16.2. The van der Waals surface area contributed by atoms with Crippen molar-refractivity contribution in [1.82, 2.24) is 5.32 Å². The highest BCUT2D eigenvalue weighted by atomic mass is 32.2. The Balaban J connectivity index is 4.15. The van der Waals surface area contributed by atoms with Crippen LogP contribution in [0.15, 0.2) is 0 Å². The number of hydrogen-bond donors (Lipinski definition) is 3. The zero-order valence-electron chi connectivity index (χ0n) is 10.4. The van der Waals surface area contributed by atoms with Gasteiger partial charge in [-0.05, 0) is 30.9 Å². The maximum Gasteiger partial charge on any atom is 0.326 e. The van der Waals surface area contributed by atoms with E-state index in [1.54, 1.807) is 11.8 Å². The second-order valence-electron chi connectivity index (χ2n) is 3.95. The zero-order chi connectivity index (χ0) is 13.3. The van der Waals surface area contributed by atoms with Crippen LogP contribution >= 0.6 is 11.8 Å². The van der Waals surface area contributed by atoms with Gasteiger partial charge in [0, 0.05) is 6.42 Å². The third-order valence-corrected chi connectivity index (χ3v) is 3.27. The van der Waals surface area contributed by atoms with E-state index in [0.717, 1.165) is 6.42 Å². The molecule has 100 valence electrons. The third-order valence-electron chi connectivity index (χ3n) is 2.63. The minimum absolute atomic E-state index is 0.130. The molecule has 0 aliphatic heterocycles. The fourth-order valence-electron chi connectivity index (χ4n) is 1.40. The lowest BCUT2D eigenvalue weighted by molar-refractivity contribution is -0.142. The van der Waals surface area contributed by atoms with Crippen molar-refractivity contribution in [2.45, 2.75) is 32.2 Å². The van der Waals surface area contributed by atoms with E-state index in [2.05, 4.69) is 5.32 Å². The van der Waals surface area contributed by atoms with Gasteiger partial charge in [-0.3, -0.25) is 4.79 Å². The standard InChI is InChI=1S/C11H22N2O3S/c1-3-8(7-12)6-10(14)13-9(11(15)16)4-5-17-2/h8-9H,3-7,12H2,1-2H3,(H,13,14)(H,15,16)/t8?,9-/m0/s1. The SMILES string of the molecule is CCC(CN)CC(=O)N[C@@H](CCSC)C(=O)O. The van der Waals surface area contributed by atoms with Crippen LogP contribution < -0.4 is 11.1 Å². The smallest absolute Gasteiger partial charge is 0.326 e. The predicted molar refractivity (Wildman–Crippen MR) is 70.0 cm³/mol. The van der Waals surface area contributed by atoms with Gasteiger partial charge in [0.2, 0.25) is 5.91 Å². The van der Waals surface area contributed by atoms with Crippen LogP contribution in [0.5, 0.6) is 0 Å². The van der Waals surface area contributed by atoms with E-state index in [1.807, 2.05) is 13.2 Å². The first-order valence-electron chi connectivity index (χ1n) is 5.76. The van der Waals surface area contributed by atoms with Gasteiger partial charge in [-0.2, -0.15) is 11.8 Å². The van der Waals surface area contributed by atoms with Crippen molar-refractivity contribution in [3.8, 4) is 0 Å². The average Bonchev–Trinajstić information content (AvgIpc) is 2.30. The van der Waals surface area contributed by atoms with E-state index >= 15 is 0 Å². The molecule has 0 radical (unpaired) electrons. The number of nitrogens with two attached hydrogens (primary N) is 1. The molecule has 17 heavy (non-hydrogen) atoms. The number of rotatable bonds is 9. The van der Waals surface area contributed by atoms with E-state index < -0.39 is 12.0 Å². The summed E-state index contributed by atoms with van der Waals surface area (Å²) in [5, 5.41) is 11.5. The molecule has 1 unspecified atom stereocenters.